The molecule has 0 radical (unpaired) electrons. The molecule has 4 rings (SSSR count). The number of nitro benzene ring substituents is 1. The molecule has 0 saturated carbocycles. The van der Waals surface area contributed by atoms with Gasteiger partial charge in [-0.05, 0) is 18.2 Å². The molecule has 0 unspecified atom stereocenters. The van der Waals surface area contributed by atoms with Crippen molar-refractivity contribution in [3.05, 3.63) is 82.6 Å². The minimum atomic E-state index is -0.494. The SMILES string of the molecule is O=[N+]([O-])c1ccccc1OCc1ccc(-c2nc(-c3ccccc3)no2)o1. The first-order chi connectivity index (χ1) is 13.2. The van der Waals surface area contributed by atoms with E-state index in [0.29, 0.717) is 17.3 Å². The van der Waals surface area contributed by atoms with Crippen molar-refractivity contribution in [2.24, 2.45) is 0 Å². The van der Waals surface area contributed by atoms with Crippen molar-refractivity contribution in [3.8, 4) is 28.8 Å². The number of nitro groups is 1. The van der Waals surface area contributed by atoms with Gasteiger partial charge >= 0.3 is 5.69 Å². The fourth-order valence-corrected chi connectivity index (χ4v) is 2.48. The van der Waals surface area contributed by atoms with Gasteiger partial charge in [0, 0.05) is 11.6 Å². The quantitative estimate of drug-likeness (QED) is 0.367. The van der Waals surface area contributed by atoms with E-state index in [9.17, 15) is 10.1 Å². The number of aromatic nitrogens is 2. The molecule has 0 saturated heterocycles. The lowest BCUT2D eigenvalue weighted by Gasteiger charge is -2.04. The molecule has 2 aromatic heterocycles. The number of hydrogen-bond acceptors (Lipinski definition) is 7. The summed E-state index contributed by atoms with van der Waals surface area (Å²) in [5, 5.41) is 15.0. The molecule has 8 heteroatoms. The Bertz CT molecular complexity index is 1070. The zero-order valence-corrected chi connectivity index (χ0v) is 13.9. The Balaban J connectivity index is 1.48. The number of benzene rings is 2. The average Bonchev–Trinajstić information content (AvgIpc) is 3.37. The maximum Gasteiger partial charge on any atom is 0.310 e. The average molecular weight is 363 g/mol. The largest absolute Gasteiger partial charge is 0.479 e. The van der Waals surface area contributed by atoms with E-state index in [-0.39, 0.29) is 23.9 Å². The van der Waals surface area contributed by atoms with Crippen molar-refractivity contribution in [1.29, 1.82) is 0 Å². The van der Waals surface area contributed by atoms with Crippen LogP contribution in [0.4, 0.5) is 5.69 Å². The van der Waals surface area contributed by atoms with Gasteiger partial charge in [-0.25, -0.2) is 0 Å². The van der Waals surface area contributed by atoms with Crippen LogP contribution in [0.25, 0.3) is 23.0 Å². The molecule has 0 fully saturated rings. The molecule has 2 heterocycles. The van der Waals surface area contributed by atoms with Crippen LogP contribution in [0.1, 0.15) is 5.76 Å². The van der Waals surface area contributed by atoms with Crippen LogP contribution in [-0.2, 0) is 6.61 Å². The van der Waals surface area contributed by atoms with E-state index in [1.165, 1.54) is 12.1 Å². The maximum atomic E-state index is 11.0. The first-order valence-corrected chi connectivity index (χ1v) is 8.05. The van der Waals surface area contributed by atoms with Crippen molar-refractivity contribution in [2.45, 2.75) is 6.61 Å². The summed E-state index contributed by atoms with van der Waals surface area (Å²) in [6.07, 6.45) is 0. The monoisotopic (exact) mass is 363 g/mol. The second kappa shape index (κ2) is 7.12. The van der Waals surface area contributed by atoms with Crippen molar-refractivity contribution < 1.29 is 18.6 Å². The van der Waals surface area contributed by atoms with E-state index >= 15 is 0 Å². The van der Waals surface area contributed by atoms with E-state index in [1.807, 2.05) is 30.3 Å². The first kappa shape index (κ1) is 16.5. The Kier molecular flexibility index (Phi) is 4.36. The van der Waals surface area contributed by atoms with Crippen LogP contribution < -0.4 is 4.74 Å². The third-order valence-electron chi connectivity index (χ3n) is 3.76. The van der Waals surface area contributed by atoms with Crippen LogP contribution in [0, 0.1) is 10.1 Å². The number of ether oxygens (including phenoxy) is 1. The van der Waals surface area contributed by atoms with E-state index in [1.54, 1.807) is 24.3 Å². The highest BCUT2D eigenvalue weighted by Gasteiger charge is 2.16. The Morgan fingerprint density at radius 3 is 2.59 bits per heavy atom. The van der Waals surface area contributed by atoms with Gasteiger partial charge in [-0.15, -0.1) is 0 Å². The predicted molar refractivity (Wildman–Crippen MR) is 94.9 cm³/mol. The highest BCUT2D eigenvalue weighted by atomic mass is 16.6. The van der Waals surface area contributed by atoms with Crippen molar-refractivity contribution in [1.82, 2.24) is 10.1 Å². The van der Waals surface area contributed by atoms with E-state index in [4.69, 9.17) is 13.7 Å². The molecule has 0 N–H and O–H groups in total. The summed E-state index contributed by atoms with van der Waals surface area (Å²) in [4.78, 5) is 14.8. The lowest BCUT2D eigenvalue weighted by molar-refractivity contribution is -0.386. The minimum Gasteiger partial charge on any atom is -0.479 e. The highest BCUT2D eigenvalue weighted by molar-refractivity contribution is 5.57. The summed E-state index contributed by atoms with van der Waals surface area (Å²) in [5.74, 6) is 1.74. The summed E-state index contributed by atoms with van der Waals surface area (Å²) in [6.45, 7) is 0.0323. The smallest absolute Gasteiger partial charge is 0.310 e. The number of para-hydroxylation sites is 2. The molecule has 134 valence electrons. The molecule has 27 heavy (non-hydrogen) atoms. The molecule has 0 aliphatic carbocycles. The third kappa shape index (κ3) is 3.54. The van der Waals surface area contributed by atoms with Crippen LogP contribution in [0.2, 0.25) is 0 Å². The van der Waals surface area contributed by atoms with Gasteiger partial charge in [0.25, 0.3) is 5.89 Å². The van der Waals surface area contributed by atoms with Gasteiger partial charge in [0.1, 0.15) is 12.4 Å². The summed E-state index contributed by atoms with van der Waals surface area (Å²) >= 11 is 0. The number of nitrogens with zero attached hydrogens (tertiary/aromatic N) is 3. The molecular formula is C19H13N3O5. The Morgan fingerprint density at radius 2 is 1.78 bits per heavy atom. The Hall–Kier alpha value is -3.94. The number of rotatable bonds is 6. The summed E-state index contributed by atoms with van der Waals surface area (Å²) in [5.41, 5.74) is 0.729. The first-order valence-electron chi connectivity index (χ1n) is 8.05. The molecule has 0 amide bonds. The zero-order chi connectivity index (χ0) is 18.6. The second-order valence-corrected chi connectivity index (χ2v) is 5.57. The number of furan rings is 1. The summed E-state index contributed by atoms with van der Waals surface area (Å²) < 4.78 is 16.4. The second-order valence-electron chi connectivity index (χ2n) is 5.57. The summed E-state index contributed by atoms with van der Waals surface area (Å²) in [7, 11) is 0. The maximum absolute atomic E-state index is 11.0. The topological polar surface area (TPSA) is 104 Å². The standard InChI is InChI=1S/C19H13N3O5/c23-22(24)15-8-4-5-9-16(15)25-12-14-10-11-17(26-14)19-20-18(21-27-19)13-6-2-1-3-7-13/h1-11H,12H2. The van der Waals surface area contributed by atoms with E-state index in [2.05, 4.69) is 10.1 Å². The van der Waals surface area contributed by atoms with Crippen molar-refractivity contribution in [3.63, 3.8) is 0 Å². The molecule has 0 atom stereocenters. The summed E-state index contributed by atoms with van der Waals surface area (Å²) in [6, 6.07) is 19.0. The normalized spacial score (nSPS) is 10.7. The van der Waals surface area contributed by atoms with Crippen LogP contribution in [-0.4, -0.2) is 15.1 Å². The van der Waals surface area contributed by atoms with Gasteiger partial charge in [-0.3, -0.25) is 10.1 Å². The molecular weight excluding hydrogens is 350 g/mol. The highest BCUT2D eigenvalue weighted by Crippen LogP contribution is 2.28. The number of hydrogen-bond donors (Lipinski definition) is 0. The molecule has 0 aliphatic rings. The van der Waals surface area contributed by atoms with Gasteiger partial charge in [-0.2, -0.15) is 4.98 Å². The van der Waals surface area contributed by atoms with Gasteiger partial charge in [0.2, 0.25) is 5.82 Å². The lowest BCUT2D eigenvalue weighted by atomic mass is 10.2. The van der Waals surface area contributed by atoms with Crippen LogP contribution in [0.5, 0.6) is 5.75 Å². The Morgan fingerprint density at radius 1 is 1.00 bits per heavy atom. The van der Waals surface area contributed by atoms with Gasteiger partial charge in [-0.1, -0.05) is 47.6 Å². The molecule has 0 aliphatic heterocycles. The fraction of sp³-hybridized carbons (Fsp3) is 0.0526. The van der Waals surface area contributed by atoms with Gasteiger partial charge < -0.3 is 13.7 Å². The lowest BCUT2D eigenvalue weighted by Crippen LogP contribution is -1.97. The van der Waals surface area contributed by atoms with Gasteiger partial charge in [0.05, 0.1) is 4.92 Å². The molecule has 4 aromatic rings. The van der Waals surface area contributed by atoms with E-state index in [0.717, 1.165) is 5.56 Å². The Labute approximate surface area is 153 Å². The third-order valence-corrected chi connectivity index (χ3v) is 3.76. The van der Waals surface area contributed by atoms with Crippen molar-refractivity contribution >= 4 is 5.69 Å². The van der Waals surface area contributed by atoms with Crippen molar-refractivity contribution in [2.75, 3.05) is 0 Å². The molecule has 2 aromatic carbocycles. The molecule has 0 bridgehead atoms. The predicted octanol–water partition coefficient (Wildman–Crippen LogP) is 4.48. The fourth-order valence-electron chi connectivity index (χ4n) is 2.48. The zero-order valence-electron chi connectivity index (χ0n) is 13.9. The van der Waals surface area contributed by atoms with E-state index < -0.39 is 4.92 Å². The molecule has 0 spiro atoms. The van der Waals surface area contributed by atoms with Crippen LogP contribution >= 0.6 is 0 Å². The van der Waals surface area contributed by atoms with Gasteiger partial charge in [0.15, 0.2) is 11.5 Å². The van der Waals surface area contributed by atoms with Crippen LogP contribution in [0.15, 0.2) is 75.7 Å². The minimum absolute atomic E-state index is 0.0323. The molecule has 8 nitrogen and oxygen atoms in total. The van der Waals surface area contributed by atoms with Crippen LogP contribution in [0.3, 0.4) is 0 Å².